The van der Waals surface area contributed by atoms with E-state index in [9.17, 15) is 31.2 Å². The third kappa shape index (κ3) is 5.23. The van der Waals surface area contributed by atoms with Gasteiger partial charge in [-0.3, -0.25) is 14.0 Å². The van der Waals surface area contributed by atoms with Crippen LogP contribution in [0.5, 0.6) is 0 Å². The van der Waals surface area contributed by atoms with Crippen LogP contribution in [0.15, 0.2) is 51.6 Å². The van der Waals surface area contributed by atoms with Crippen LogP contribution in [0.25, 0.3) is 4.96 Å². The third-order valence-corrected chi connectivity index (χ3v) is 6.05. The molecule has 0 fully saturated rings. The smallest absolute Gasteiger partial charge is 0.416 e. The largest absolute Gasteiger partial charge is 0.459 e. The number of sulfonamides is 1. The van der Waals surface area contributed by atoms with Crippen LogP contribution in [0.2, 0.25) is 0 Å². The molecule has 2 aromatic heterocycles. The number of aromatic nitrogens is 2. The van der Waals surface area contributed by atoms with E-state index in [1.165, 1.54) is 21.8 Å². The van der Waals surface area contributed by atoms with Crippen molar-refractivity contribution in [3.05, 3.63) is 63.5 Å². The topological polar surface area (TPSA) is 107 Å². The van der Waals surface area contributed by atoms with Crippen LogP contribution in [0.3, 0.4) is 0 Å². The summed E-state index contributed by atoms with van der Waals surface area (Å²) in [5.41, 5.74) is -1.20. The van der Waals surface area contributed by atoms with E-state index in [4.69, 9.17) is 4.74 Å². The van der Waals surface area contributed by atoms with Gasteiger partial charge >= 0.3 is 12.1 Å². The monoisotopic (exact) mass is 461 g/mol. The number of nitrogens with one attached hydrogen (secondary N) is 1. The van der Waals surface area contributed by atoms with E-state index in [0.717, 1.165) is 18.2 Å². The lowest BCUT2D eigenvalue weighted by molar-refractivity contribution is -0.144. The lowest BCUT2D eigenvalue weighted by atomic mass is 10.2. The standard InChI is InChI=1S/C17H14F3N3O5S2/c18-17(19,20)11-2-1-3-13(8-11)30(26,27)21-5-4-15(25)28-10-12-9-14(24)23-6-7-29-16(23)22-12/h1-3,6-9,21H,4-5,10H2. The fraction of sp³-hybridized carbons (Fsp3) is 0.235. The Labute approximate surface area is 172 Å². The first-order chi connectivity index (χ1) is 14.1. The number of benzene rings is 1. The summed E-state index contributed by atoms with van der Waals surface area (Å²) in [7, 11) is -4.24. The maximum atomic E-state index is 12.7. The molecule has 2 heterocycles. The number of carbonyl (C=O) groups is 1. The second-order valence-electron chi connectivity index (χ2n) is 5.98. The van der Waals surface area contributed by atoms with E-state index in [1.807, 2.05) is 4.72 Å². The zero-order valence-corrected chi connectivity index (χ0v) is 16.7. The van der Waals surface area contributed by atoms with Crippen molar-refractivity contribution in [3.63, 3.8) is 0 Å². The van der Waals surface area contributed by atoms with Gasteiger partial charge in [0.15, 0.2) is 4.96 Å². The summed E-state index contributed by atoms with van der Waals surface area (Å²) in [4.78, 5) is 27.7. The number of thiazole rings is 1. The highest BCUT2D eigenvalue weighted by molar-refractivity contribution is 7.89. The van der Waals surface area contributed by atoms with Gasteiger partial charge in [0.05, 0.1) is 22.6 Å². The summed E-state index contributed by atoms with van der Waals surface area (Å²) < 4.78 is 70.8. The Morgan fingerprint density at radius 1 is 1.27 bits per heavy atom. The average Bonchev–Trinajstić information content (AvgIpc) is 3.15. The normalized spacial score (nSPS) is 12.2. The molecule has 0 saturated carbocycles. The maximum absolute atomic E-state index is 12.7. The minimum absolute atomic E-state index is 0.236. The zero-order valence-electron chi connectivity index (χ0n) is 15.0. The number of halogens is 3. The second-order valence-corrected chi connectivity index (χ2v) is 8.62. The van der Waals surface area contributed by atoms with Gasteiger partial charge in [0.25, 0.3) is 5.56 Å². The van der Waals surface area contributed by atoms with Crippen molar-refractivity contribution in [2.75, 3.05) is 6.54 Å². The summed E-state index contributed by atoms with van der Waals surface area (Å²) in [6, 6.07) is 4.46. The highest BCUT2D eigenvalue weighted by Gasteiger charge is 2.31. The molecule has 1 aromatic carbocycles. The summed E-state index contributed by atoms with van der Waals surface area (Å²) in [6.07, 6.45) is -3.49. The van der Waals surface area contributed by atoms with Crippen LogP contribution in [-0.4, -0.2) is 30.3 Å². The highest BCUT2D eigenvalue weighted by atomic mass is 32.2. The first-order valence-electron chi connectivity index (χ1n) is 8.34. The summed E-state index contributed by atoms with van der Waals surface area (Å²) in [5.74, 6) is -0.769. The third-order valence-electron chi connectivity index (χ3n) is 3.83. The Morgan fingerprint density at radius 2 is 2.03 bits per heavy atom. The molecule has 0 atom stereocenters. The van der Waals surface area contributed by atoms with Crippen molar-refractivity contribution < 1.29 is 31.1 Å². The fourth-order valence-corrected chi connectivity index (χ4v) is 4.21. The Bertz CT molecular complexity index is 1240. The van der Waals surface area contributed by atoms with Gasteiger partial charge in [0.2, 0.25) is 10.0 Å². The van der Waals surface area contributed by atoms with Crippen LogP contribution in [0.4, 0.5) is 13.2 Å². The zero-order chi connectivity index (χ0) is 21.9. The van der Waals surface area contributed by atoms with Crippen LogP contribution in [0, 0.1) is 0 Å². The van der Waals surface area contributed by atoms with Gasteiger partial charge in [-0.2, -0.15) is 13.2 Å². The van der Waals surface area contributed by atoms with Crippen molar-refractivity contribution in [2.24, 2.45) is 0 Å². The molecule has 0 amide bonds. The van der Waals surface area contributed by atoms with Crippen LogP contribution in [-0.2, 0) is 32.3 Å². The molecule has 8 nitrogen and oxygen atoms in total. The lowest BCUT2D eigenvalue weighted by Crippen LogP contribution is -2.27. The number of hydrogen-bond acceptors (Lipinski definition) is 7. The number of fused-ring (bicyclic) bond motifs is 1. The van der Waals surface area contributed by atoms with Crippen molar-refractivity contribution >= 4 is 32.3 Å². The summed E-state index contributed by atoms with van der Waals surface area (Å²) >= 11 is 1.23. The Morgan fingerprint density at radius 3 is 2.77 bits per heavy atom. The predicted molar refractivity (Wildman–Crippen MR) is 100 cm³/mol. The number of carbonyl (C=O) groups excluding carboxylic acids is 1. The molecule has 0 aliphatic rings. The number of hydrogen-bond donors (Lipinski definition) is 1. The molecule has 0 saturated heterocycles. The molecule has 160 valence electrons. The number of rotatable bonds is 7. The quantitative estimate of drug-likeness (QED) is 0.541. The SMILES string of the molecule is O=C(CCNS(=O)(=O)c1cccc(C(F)(F)F)c1)OCc1cc(=O)n2ccsc2n1. The van der Waals surface area contributed by atoms with Crippen molar-refractivity contribution in [1.29, 1.82) is 0 Å². The van der Waals surface area contributed by atoms with Crippen LogP contribution >= 0.6 is 11.3 Å². The molecule has 0 aliphatic heterocycles. The van der Waals surface area contributed by atoms with Gasteiger partial charge in [-0.15, -0.1) is 11.3 Å². The average molecular weight is 461 g/mol. The van der Waals surface area contributed by atoms with E-state index >= 15 is 0 Å². The first kappa shape index (κ1) is 21.9. The Kier molecular flexibility index (Phi) is 6.24. The number of alkyl halides is 3. The number of esters is 1. The molecule has 1 N–H and O–H groups in total. The van der Waals surface area contributed by atoms with Gasteiger partial charge in [-0.25, -0.2) is 18.1 Å². The van der Waals surface area contributed by atoms with E-state index in [2.05, 4.69) is 4.98 Å². The van der Waals surface area contributed by atoms with Gasteiger partial charge in [-0.05, 0) is 18.2 Å². The fourth-order valence-electron chi connectivity index (χ4n) is 2.40. The van der Waals surface area contributed by atoms with Crippen LogP contribution in [0.1, 0.15) is 17.7 Å². The van der Waals surface area contributed by atoms with E-state index in [-0.39, 0.29) is 30.8 Å². The molecule has 3 aromatic rings. The van der Waals surface area contributed by atoms with Gasteiger partial charge in [-0.1, -0.05) is 6.07 Å². The summed E-state index contributed by atoms with van der Waals surface area (Å²) in [6.45, 7) is -0.652. The van der Waals surface area contributed by atoms with Crippen molar-refractivity contribution in [3.8, 4) is 0 Å². The maximum Gasteiger partial charge on any atom is 0.416 e. The van der Waals surface area contributed by atoms with E-state index < -0.39 is 32.6 Å². The molecule has 0 bridgehead atoms. The van der Waals surface area contributed by atoms with Gasteiger partial charge < -0.3 is 4.74 Å². The molecule has 30 heavy (non-hydrogen) atoms. The lowest BCUT2D eigenvalue weighted by Gasteiger charge is -2.10. The van der Waals surface area contributed by atoms with Crippen molar-refractivity contribution in [2.45, 2.75) is 24.1 Å². The van der Waals surface area contributed by atoms with Crippen molar-refractivity contribution in [1.82, 2.24) is 14.1 Å². The second kappa shape index (κ2) is 8.53. The minimum Gasteiger partial charge on any atom is -0.459 e. The van der Waals surface area contributed by atoms with E-state index in [1.54, 1.807) is 11.6 Å². The van der Waals surface area contributed by atoms with Crippen LogP contribution < -0.4 is 10.3 Å². The molecule has 0 unspecified atom stereocenters. The highest BCUT2D eigenvalue weighted by Crippen LogP contribution is 2.30. The Hall–Kier alpha value is -2.77. The first-order valence-corrected chi connectivity index (χ1v) is 10.7. The predicted octanol–water partition coefficient (Wildman–Crippen LogP) is 2.19. The van der Waals surface area contributed by atoms with Gasteiger partial charge in [0, 0.05) is 24.2 Å². The summed E-state index contributed by atoms with van der Waals surface area (Å²) in [5, 5.41) is 1.68. The number of ether oxygens (including phenoxy) is 1. The van der Waals surface area contributed by atoms with E-state index in [0.29, 0.717) is 11.0 Å². The molecular weight excluding hydrogens is 447 g/mol. The molecular formula is C17H14F3N3O5S2. The molecule has 0 spiro atoms. The van der Waals surface area contributed by atoms with Gasteiger partial charge in [0.1, 0.15) is 6.61 Å². The minimum atomic E-state index is -4.68. The molecule has 3 rings (SSSR count). The molecule has 13 heteroatoms. The number of nitrogens with zero attached hydrogens (tertiary/aromatic N) is 2. The molecule has 0 aliphatic carbocycles. The molecule has 0 radical (unpaired) electrons. The Balaban J connectivity index is 1.54.